The Morgan fingerprint density at radius 2 is 2.07 bits per heavy atom. The van der Waals surface area contributed by atoms with Gasteiger partial charge < -0.3 is 15.4 Å². The van der Waals surface area contributed by atoms with Gasteiger partial charge in [-0.25, -0.2) is 0 Å². The fraction of sp³-hybridized carbons (Fsp3) is 0.409. The van der Waals surface area contributed by atoms with Crippen LogP contribution in [0.5, 0.6) is 5.75 Å². The van der Waals surface area contributed by atoms with E-state index in [-0.39, 0.29) is 11.9 Å². The summed E-state index contributed by atoms with van der Waals surface area (Å²) in [5.41, 5.74) is 4.83. The Hall–Kier alpha value is -2.37. The molecule has 5 nitrogen and oxygen atoms in total. The molecule has 1 heterocycles. The first kappa shape index (κ1) is 18.0. The number of anilines is 1. The van der Waals surface area contributed by atoms with Crippen LogP contribution in [0, 0.1) is 0 Å². The molecule has 0 radical (unpaired) electrons. The molecule has 2 aromatic rings. The van der Waals surface area contributed by atoms with E-state index < -0.39 is 0 Å². The second-order valence-corrected chi connectivity index (χ2v) is 7.32. The van der Waals surface area contributed by atoms with Crippen molar-refractivity contribution in [2.75, 3.05) is 38.6 Å². The fourth-order valence-corrected chi connectivity index (χ4v) is 4.22. The van der Waals surface area contributed by atoms with Crippen LogP contribution in [0.25, 0.3) is 0 Å². The van der Waals surface area contributed by atoms with E-state index in [1.807, 2.05) is 24.3 Å². The van der Waals surface area contributed by atoms with Gasteiger partial charge in [-0.15, -0.1) is 0 Å². The highest BCUT2D eigenvalue weighted by molar-refractivity contribution is 5.92. The maximum atomic E-state index is 12.7. The van der Waals surface area contributed by atoms with E-state index in [1.54, 1.807) is 7.11 Å². The first-order valence-electron chi connectivity index (χ1n) is 9.74. The van der Waals surface area contributed by atoms with E-state index in [0.717, 1.165) is 49.5 Å². The van der Waals surface area contributed by atoms with Gasteiger partial charge >= 0.3 is 0 Å². The number of hydrogen-bond acceptors (Lipinski definition) is 4. The predicted molar refractivity (Wildman–Crippen MR) is 107 cm³/mol. The molecule has 0 bridgehead atoms. The minimum Gasteiger partial charge on any atom is -0.496 e. The Bertz CT molecular complexity index is 821. The lowest BCUT2D eigenvalue weighted by Gasteiger charge is -2.36. The lowest BCUT2D eigenvalue weighted by Crippen LogP contribution is -2.48. The molecule has 27 heavy (non-hydrogen) atoms. The molecule has 2 aromatic carbocycles. The summed E-state index contributed by atoms with van der Waals surface area (Å²) < 4.78 is 5.54. The third-order valence-electron chi connectivity index (χ3n) is 5.58. The summed E-state index contributed by atoms with van der Waals surface area (Å²) in [6, 6.07) is 14.5. The SMILES string of the molecule is COc1ccccc1C1CNCCN1CC(=O)Nc1ccc2c(c1)CCC2. The molecule has 0 spiro atoms. The number of nitrogens with zero attached hydrogens (tertiary/aromatic N) is 1. The largest absolute Gasteiger partial charge is 0.496 e. The van der Waals surface area contributed by atoms with Crippen LogP contribution in [0.2, 0.25) is 0 Å². The number of fused-ring (bicyclic) bond motifs is 1. The molecule has 142 valence electrons. The summed E-state index contributed by atoms with van der Waals surface area (Å²) >= 11 is 0. The number of amides is 1. The molecule has 0 aromatic heterocycles. The number of carbonyl (C=O) groups excluding carboxylic acids is 1. The average molecular weight is 365 g/mol. The van der Waals surface area contributed by atoms with E-state index >= 15 is 0 Å². The topological polar surface area (TPSA) is 53.6 Å². The highest BCUT2D eigenvalue weighted by Gasteiger charge is 2.27. The molecule has 2 aliphatic rings. The van der Waals surface area contributed by atoms with Crippen molar-refractivity contribution in [2.24, 2.45) is 0 Å². The molecule has 1 unspecified atom stereocenters. The second kappa shape index (κ2) is 8.11. The van der Waals surface area contributed by atoms with Gasteiger partial charge in [-0.1, -0.05) is 24.3 Å². The normalized spacial score (nSPS) is 19.5. The minimum absolute atomic E-state index is 0.0368. The minimum atomic E-state index is 0.0368. The van der Waals surface area contributed by atoms with Crippen LogP contribution < -0.4 is 15.4 Å². The molecule has 2 N–H and O–H groups in total. The van der Waals surface area contributed by atoms with Crippen LogP contribution in [-0.4, -0.2) is 44.1 Å². The van der Waals surface area contributed by atoms with Crippen LogP contribution >= 0.6 is 0 Å². The van der Waals surface area contributed by atoms with E-state index in [9.17, 15) is 4.79 Å². The lowest BCUT2D eigenvalue weighted by atomic mass is 10.0. The first-order valence-corrected chi connectivity index (χ1v) is 9.74. The van der Waals surface area contributed by atoms with E-state index in [4.69, 9.17) is 4.74 Å². The number of carbonyl (C=O) groups is 1. The molecule has 1 amide bonds. The third kappa shape index (κ3) is 3.99. The van der Waals surface area contributed by atoms with Gasteiger partial charge in [0.05, 0.1) is 19.7 Å². The molecule has 1 saturated heterocycles. The molecule has 4 rings (SSSR count). The molecule has 1 atom stereocenters. The van der Waals surface area contributed by atoms with Gasteiger partial charge in [0.15, 0.2) is 0 Å². The number of rotatable bonds is 5. The summed E-state index contributed by atoms with van der Waals surface area (Å²) in [5, 5.41) is 6.52. The molecule has 1 aliphatic heterocycles. The van der Waals surface area contributed by atoms with Gasteiger partial charge in [0, 0.05) is 30.9 Å². The Morgan fingerprint density at radius 1 is 1.22 bits per heavy atom. The van der Waals surface area contributed by atoms with Crippen LogP contribution in [0.3, 0.4) is 0 Å². The molecule has 5 heteroatoms. The number of benzene rings is 2. The number of para-hydroxylation sites is 1. The van der Waals surface area contributed by atoms with E-state index in [1.165, 1.54) is 17.5 Å². The van der Waals surface area contributed by atoms with Crippen molar-refractivity contribution in [1.29, 1.82) is 0 Å². The zero-order valence-electron chi connectivity index (χ0n) is 15.8. The van der Waals surface area contributed by atoms with Crippen molar-refractivity contribution >= 4 is 11.6 Å². The maximum Gasteiger partial charge on any atom is 0.238 e. The molecular formula is C22H27N3O2. The first-order chi connectivity index (χ1) is 13.2. The Morgan fingerprint density at radius 3 is 2.96 bits per heavy atom. The van der Waals surface area contributed by atoms with Crippen molar-refractivity contribution in [3.8, 4) is 5.75 Å². The monoisotopic (exact) mass is 365 g/mol. The number of piperazine rings is 1. The smallest absolute Gasteiger partial charge is 0.238 e. The highest BCUT2D eigenvalue weighted by atomic mass is 16.5. The standard InChI is InChI=1S/C22H27N3O2/c1-27-21-8-3-2-7-19(21)20-14-23-11-12-25(20)15-22(26)24-18-10-9-16-5-4-6-17(16)13-18/h2-3,7-10,13,20,23H,4-6,11-12,14-15H2,1H3,(H,24,26). The summed E-state index contributed by atoms with van der Waals surface area (Å²) in [7, 11) is 1.69. The van der Waals surface area contributed by atoms with Gasteiger partial charge in [-0.3, -0.25) is 9.69 Å². The quantitative estimate of drug-likeness (QED) is 0.856. The maximum absolute atomic E-state index is 12.7. The van der Waals surface area contributed by atoms with Crippen molar-refractivity contribution in [3.63, 3.8) is 0 Å². The Labute approximate surface area is 160 Å². The van der Waals surface area contributed by atoms with Gasteiger partial charge in [-0.2, -0.15) is 0 Å². The third-order valence-corrected chi connectivity index (χ3v) is 5.58. The summed E-state index contributed by atoms with van der Waals surface area (Å²) in [5.74, 6) is 0.907. The zero-order chi connectivity index (χ0) is 18.6. The molecule has 1 aliphatic carbocycles. The van der Waals surface area contributed by atoms with Crippen LogP contribution in [0.4, 0.5) is 5.69 Å². The Balaban J connectivity index is 1.45. The fourth-order valence-electron chi connectivity index (χ4n) is 4.22. The second-order valence-electron chi connectivity index (χ2n) is 7.32. The number of aryl methyl sites for hydroxylation is 2. The average Bonchev–Trinajstić information content (AvgIpc) is 3.16. The van der Waals surface area contributed by atoms with Crippen molar-refractivity contribution in [2.45, 2.75) is 25.3 Å². The van der Waals surface area contributed by atoms with Crippen LogP contribution in [-0.2, 0) is 17.6 Å². The van der Waals surface area contributed by atoms with Crippen molar-refractivity contribution in [1.82, 2.24) is 10.2 Å². The van der Waals surface area contributed by atoms with Crippen molar-refractivity contribution in [3.05, 3.63) is 59.2 Å². The Kier molecular flexibility index (Phi) is 5.41. The summed E-state index contributed by atoms with van der Waals surface area (Å²) in [6.07, 6.45) is 3.49. The lowest BCUT2D eigenvalue weighted by molar-refractivity contribution is -0.118. The summed E-state index contributed by atoms with van der Waals surface area (Å²) in [6.45, 7) is 2.91. The van der Waals surface area contributed by atoms with Crippen LogP contribution in [0.15, 0.2) is 42.5 Å². The molecular weight excluding hydrogens is 338 g/mol. The highest BCUT2D eigenvalue weighted by Crippen LogP contribution is 2.30. The number of hydrogen-bond donors (Lipinski definition) is 2. The summed E-state index contributed by atoms with van der Waals surface area (Å²) in [4.78, 5) is 14.9. The number of nitrogens with one attached hydrogen (secondary N) is 2. The van der Waals surface area contributed by atoms with Gasteiger partial charge in [-0.05, 0) is 48.6 Å². The number of ether oxygens (including phenoxy) is 1. The van der Waals surface area contributed by atoms with Crippen molar-refractivity contribution < 1.29 is 9.53 Å². The molecule has 1 fully saturated rings. The number of methoxy groups -OCH3 is 1. The van der Waals surface area contributed by atoms with E-state index in [2.05, 4.69) is 33.7 Å². The van der Waals surface area contributed by atoms with Crippen LogP contribution in [0.1, 0.15) is 29.2 Å². The van der Waals surface area contributed by atoms with Gasteiger partial charge in [0.1, 0.15) is 5.75 Å². The molecule has 0 saturated carbocycles. The van der Waals surface area contributed by atoms with E-state index in [0.29, 0.717) is 6.54 Å². The van der Waals surface area contributed by atoms with Gasteiger partial charge in [0.25, 0.3) is 0 Å². The predicted octanol–water partition coefficient (Wildman–Crippen LogP) is 2.77. The van der Waals surface area contributed by atoms with Gasteiger partial charge in [0.2, 0.25) is 5.91 Å². The zero-order valence-corrected chi connectivity index (χ0v) is 15.8.